The SMILES string of the molecule is C=CC(=O)Nc1cc(Nc2nccc(-n3c(=O)n4c5c(cc(F)cc53)CCC4)n2)c(OCC(F)(F)F)nc1N(C)CCN(C)I. The van der Waals surface area contributed by atoms with Crippen molar-refractivity contribution in [2.45, 2.75) is 25.6 Å². The van der Waals surface area contributed by atoms with E-state index in [1.807, 2.05) is 10.2 Å². The Morgan fingerprint density at radius 3 is 2.69 bits per heavy atom. The molecule has 17 heteroatoms. The lowest BCUT2D eigenvalue weighted by Gasteiger charge is -2.24. The Kier molecular flexibility index (Phi) is 9.28. The number of rotatable bonds is 11. The minimum Gasteiger partial charge on any atom is -0.466 e. The van der Waals surface area contributed by atoms with Crippen molar-refractivity contribution in [2.24, 2.45) is 0 Å². The predicted molar refractivity (Wildman–Crippen MR) is 169 cm³/mol. The summed E-state index contributed by atoms with van der Waals surface area (Å²) < 4.78 is 64.0. The Morgan fingerprint density at radius 2 is 1.98 bits per heavy atom. The molecule has 0 saturated heterocycles. The van der Waals surface area contributed by atoms with Gasteiger partial charge in [0.05, 0.1) is 16.7 Å². The molecule has 0 radical (unpaired) electrons. The number of pyridine rings is 1. The lowest BCUT2D eigenvalue weighted by Crippen LogP contribution is -2.28. The molecule has 45 heavy (non-hydrogen) atoms. The molecule has 12 nitrogen and oxygen atoms in total. The van der Waals surface area contributed by atoms with Gasteiger partial charge in [-0.2, -0.15) is 23.1 Å². The lowest BCUT2D eigenvalue weighted by atomic mass is 10.0. The van der Waals surface area contributed by atoms with Gasteiger partial charge < -0.3 is 20.3 Å². The first-order chi connectivity index (χ1) is 21.3. The fraction of sp³-hybridized carbons (Fsp3) is 0.321. The molecule has 2 N–H and O–H groups in total. The van der Waals surface area contributed by atoms with E-state index in [1.54, 1.807) is 16.5 Å². The molecule has 0 saturated carbocycles. The lowest BCUT2D eigenvalue weighted by molar-refractivity contribution is -0.153. The number of imidazole rings is 1. The summed E-state index contributed by atoms with van der Waals surface area (Å²) in [5.74, 6) is -1.40. The maximum atomic E-state index is 14.5. The van der Waals surface area contributed by atoms with E-state index in [0.29, 0.717) is 49.1 Å². The maximum absolute atomic E-state index is 14.5. The summed E-state index contributed by atoms with van der Waals surface area (Å²) in [6.07, 6.45) is -1.01. The molecule has 0 unspecified atom stereocenters. The molecule has 1 amide bonds. The van der Waals surface area contributed by atoms with Crippen molar-refractivity contribution in [3.8, 4) is 11.7 Å². The number of hydrogen-bond acceptors (Lipinski definition) is 9. The molecular formula is C28H28F4IN9O3. The van der Waals surface area contributed by atoms with Gasteiger partial charge in [0, 0.05) is 67.9 Å². The summed E-state index contributed by atoms with van der Waals surface area (Å²) in [5.41, 5.74) is 1.28. The third kappa shape index (κ3) is 7.19. The van der Waals surface area contributed by atoms with E-state index in [2.05, 4.69) is 55.0 Å². The summed E-state index contributed by atoms with van der Waals surface area (Å²) in [6.45, 7) is 3.24. The number of aromatic nitrogens is 5. The number of alkyl halides is 3. The average molecular weight is 741 g/mol. The second kappa shape index (κ2) is 13.0. The number of carbonyl (C=O) groups is 1. The van der Waals surface area contributed by atoms with Crippen LogP contribution in [0.2, 0.25) is 0 Å². The molecule has 4 heterocycles. The minimum absolute atomic E-state index is 0.0973. The second-order valence-electron chi connectivity index (χ2n) is 10.2. The largest absolute Gasteiger partial charge is 0.466 e. The van der Waals surface area contributed by atoms with Crippen molar-refractivity contribution in [3.05, 3.63) is 65.0 Å². The molecule has 0 fully saturated rings. The summed E-state index contributed by atoms with van der Waals surface area (Å²) in [4.78, 5) is 40.3. The van der Waals surface area contributed by atoms with Crippen LogP contribution in [0.3, 0.4) is 0 Å². The zero-order chi connectivity index (χ0) is 32.5. The van der Waals surface area contributed by atoms with Crippen LogP contribution in [-0.2, 0) is 17.8 Å². The van der Waals surface area contributed by atoms with Crippen LogP contribution in [0.25, 0.3) is 16.9 Å². The normalized spacial score (nSPS) is 12.8. The Bertz CT molecular complexity index is 1820. The summed E-state index contributed by atoms with van der Waals surface area (Å²) in [5, 5.41) is 5.44. The number of anilines is 4. The highest BCUT2D eigenvalue weighted by atomic mass is 127. The molecule has 0 bridgehead atoms. The Morgan fingerprint density at radius 1 is 1.20 bits per heavy atom. The molecule has 3 aromatic heterocycles. The highest BCUT2D eigenvalue weighted by Crippen LogP contribution is 2.36. The van der Waals surface area contributed by atoms with Gasteiger partial charge in [-0.1, -0.05) is 6.58 Å². The molecule has 0 aliphatic carbocycles. The number of aryl methyl sites for hydroxylation is 2. The number of benzene rings is 1. The number of likely N-dealkylation sites (N-methyl/N-ethyl adjacent to an activating group) is 2. The van der Waals surface area contributed by atoms with Crippen LogP contribution in [-0.4, -0.2) is 73.1 Å². The highest BCUT2D eigenvalue weighted by molar-refractivity contribution is 14.1. The van der Waals surface area contributed by atoms with Crippen molar-refractivity contribution >= 4 is 62.9 Å². The van der Waals surface area contributed by atoms with E-state index in [0.717, 1.165) is 6.08 Å². The molecule has 1 aliphatic heterocycles. The van der Waals surface area contributed by atoms with E-state index in [-0.39, 0.29) is 29.0 Å². The summed E-state index contributed by atoms with van der Waals surface area (Å²) in [6, 6.07) is 5.46. The second-order valence-corrected chi connectivity index (χ2v) is 11.9. The van der Waals surface area contributed by atoms with Crippen LogP contribution in [0.4, 0.5) is 40.7 Å². The molecule has 0 spiro atoms. The number of ether oxygens (including phenoxy) is 1. The standard InChI is InChI=1S/C28H28F4IN9O3/c1-4-22(43)35-18-14-19(25(45-15-28(30,31)32)38-24(18)39(2)10-11-40(3)33)36-26-34-8-7-21(37-26)42-20-13-17(29)12-16-6-5-9-41(23(16)20)27(42)44/h4,7-8,12-14H,1,5-6,9-11,15H2,2-3H3,(H,35,43)(H,34,36,37). The first-order valence-electron chi connectivity index (χ1n) is 13.6. The number of nitrogens with zero attached hydrogens (tertiary/aromatic N) is 7. The first-order valence-corrected chi connectivity index (χ1v) is 14.6. The van der Waals surface area contributed by atoms with E-state index in [9.17, 15) is 27.2 Å². The van der Waals surface area contributed by atoms with Gasteiger partial charge in [-0.05, 0) is 43.7 Å². The topological polar surface area (TPSA) is 122 Å². The van der Waals surface area contributed by atoms with Crippen molar-refractivity contribution in [2.75, 3.05) is 49.3 Å². The number of hydrogen-bond donors (Lipinski definition) is 2. The Hall–Kier alpha value is -4.26. The van der Waals surface area contributed by atoms with Gasteiger partial charge in [0.1, 0.15) is 17.3 Å². The van der Waals surface area contributed by atoms with Crippen LogP contribution in [0.1, 0.15) is 12.0 Å². The number of halogens is 5. The quantitative estimate of drug-likeness (QED) is 0.0985. The number of carbonyl (C=O) groups excluding carboxylic acids is 1. The molecule has 1 aliphatic rings. The molecule has 5 rings (SSSR count). The molecular weight excluding hydrogens is 713 g/mol. The van der Waals surface area contributed by atoms with E-state index in [4.69, 9.17) is 4.74 Å². The fourth-order valence-corrected chi connectivity index (χ4v) is 5.16. The first kappa shape index (κ1) is 32.1. The minimum atomic E-state index is -4.67. The van der Waals surface area contributed by atoms with Crippen molar-refractivity contribution < 1.29 is 27.1 Å². The molecule has 4 aromatic rings. The van der Waals surface area contributed by atoms with Crippen LogP contribution in [0.5, 0.6) is 5.88 Å². The number of amides is 1. The van der Waals surface area contributed by atoms with E-state index in [1.165, 1.54) is 35.0 Å². The van der Waals surface area contributed by atoms with E-state index >= 15 is 0 Å². The van der Waals surface area contributed by atoms with E-state index < -0.39 is 36.1 Å². The average Bonchev–Trinajstić information content (AvgIpc) is 3.26. The molecule has 238 valence electrons. The monoisotopic (exact) mass is 741 g/mol. The van der Waals surface area contributed by atoms with Crippen molar-refractivity contribution in [3.63, 3.8) is 0 Å². The van der Waals surface area contributed by atoms with Crippen LogP contribution < -0.4 is 26.0 Å². The Labute approximate surface area is 268 Å². The van der Waals surface area contributed by atoms with Gasteiger partial charge in [0.2, 0.25) is 17.7 Å². The predicted octanol–water partition coefficient (Wildman–Crippen LogP) is 4.59. The number of nitrogens with one attached hydrogen (secondary N) is 2. The van der Waals surface area contributed by atoms with Crippen molar-refractivity contribution in [1.82, 2.24) is 27.2 Å². The third-order valence-electron chi connectivity index (χ3n) is 6.90. The smallest absolute Gasteiger partial charge is 0.422 e. The van der Waals surface area contributed by atoms with Gasteiger partial charge >= 0.3 is 11.9 Å². The third-order valence-corrected chi connectivity index (χ3v) is 7.38. The fourth-order valence-electron chi connectivity index (χ4n) is 4.94. The summed E-state index contributed by atoms with van der Waals surface area (Å²) >= 11 is 2.09. The van der Waals surface area contributed by atoms with Gasteiger partial charge in [-0.3, -0.25) is 9.36 Å². The maximum Gasteiger partial charge on any atom is 0.422 e. The van der Waals surface area contributed by atoms with Gasteiger partial charge in [0.25, 0.3) is 0 Å². The zero-order valence-electron chi connectivity index (χ0n) is 24.2. The van der Waals surface area contributed by atoms with Crippen LogP contribution in [0, 0.1) is 5.82 Å². The highest BCUT2D eigenvalue weighted by Gasteiger charge is 2.30. The molecule has 0 atom stereocenters. The van der Waals surface area contributed by atoms with Crippen molar-refractivity contribution in [1.29, 1.82) is 0 Å². The summed E-state index contributed by atoms with van der Waals surface area (Å²) in [7, 11) is 3.51. The molecule has 1 aromatic carbocycles. The van der Waals surface area contributed by atoms with Crippen LogP contribution in [0.15, 0.2) is 47.9 Å². The zero-order valence-corrected chi connectivity index (χ0v) is 26.3. The van der Waals surface area contributed by atoms with Gasteiger partial charge in [-0.15, -0.1) is 0 Å². The Balaban J connectivity index is 1.58. The van der Waals surface area contributed by atoms with Crippen LogP contribution >= 0.6 is 22.9 Å². The van der Waals surface area contributed by atoms with Gasteiger partial charge in [0.15, 0.2) is 12.4 Å². The van der Waals surface area contributed by atoms with Gasteiger partial charge in [-0.25, -0.2) is 21.8 Å².